The Kier molecular flexibility index (Phi) is 4.35. The van der Waals surface area contributed by atoms with Crippen LogP contribution in [0.1, 0.15) is 45.4 Å². The van der Waals surface area contributed by atoms with Crippen LogP contribution >= 0.6 is 0 Å². The maximum atomic E-state index is 11.0. The predicted octanol–water partition coefficient (Wildman–Crippen LogP) is 2.41. The van der Waals surface area contributed by atoms with Crippen molar-refractivity contribution in [3.63, 3.8) is 0 Å². The first-order valence-corrected chi connectivity index (χ1v) is 7.20. The molecule has 2 aliphatic rings. The molecule has 1 N–H and O–H groups in total. The van der Waals surface area contributed by atoms with Gasteiger partial charge in [0.2, 0.25) is 0 Å². The summed E-state index contributed by atoms with van der Waals surface area (Å²) in [4.78, 5) is 0. The highest BCUT2D eigenvalue weighted by Gasteiger charge is 2.65. The highest BCUT2D eigenvalue weighted by atomic mass is 16.7. The fourth-order valence-electron chi connectivity index (χ4n) is 2.99. The summed E-state index contributed by atoms with van der Waals surface area (Å²) in [6, 6.07) is 0. The van der Waals surface area contributed by atoms with Crippen LogP contribution in [0.25, 0.3) is 0 Å². The molecule has 2 fully saturated rings. The molecule has 0 amide bonds. The first-order valence-electron chi connectivity index (χ1n) is 7.20. The molecule has 1 aliphatic carbocycles. The maximum Gasteiger partial charge on any atom is 0.170 e. The van der Waals surface area contributed by atoms with E-state index in [0.717, 1.165) is 32.1 Å². The number of epoxide rings is 1. The second-order valence-corrected chi connectivity index (χ2v) is 5.75. The summed E-state index contributed by atoms with van der Waals surface area (Å²) in [6.45, 7) is 2.79. The maximum absolute atomic E-state index is 11.0. The van der Waals surface area contributed by atoms with Crippen molar-refractivity contribution in [3.05, 3.63) is 12.2 Å². The molecule has 1 spiro atoms. The van der Waals surface area contributed by atoms with Gasteiger partial charge in [0.05, 0.1) is 6.61 Å². The van der Waals surface area contributed by atoms with Gasteiger partial charge < -0.3 is 19.3 Å². The molecule has 0 radical (unpaired) electrons. The second kappa shape index (κ2) is 5.52. The highest BCUT2D eigenvalue weighted by molar-refractivity contribution is 5.22. The van der Waals surface area contributed by atoms with E-state index in [4.69, 9.17) is 14.2 Å². The number of hydrogen-bond acceptors (Lipinski definition) is 4. The lowest BCUT2D eigenvalue weighted by Gasteiger charge is -2.45. The van der Waals surface area contributed by atoms with Gasteiger partial charge in [-0.2, -0.15) is 0 Å². The Morgan fingerprint density at radius 2 is 1.95 bits per heavy atom. The van der Waals surface area contributed by atoms with Crippen LogP contribution in [0, 0.1) is 0 Å². The Balaban J connectivity index is 2.11. The fraction of sp³-hybridized carbons (Fsp3) is 0.867. The average Bonchev–Trinajstić information content (AvgIpc) is 3.21. The van der Waals surface area contributed by atoms with Gasteiger partial charge in [0.25, 0.3) is 0 Å². The number of methoxy groups -OCH3 is 2. The Hall–Kier alpha value is -0.420. The number of aliphatic hydroxyl groups is 1. The minimum Gasteiger partial charge on any atom is -0.382 e. The molecule has 4 nitrogen and oxygen atoms in total. The molecule has 1 aliphatic heterocycles. The van der Waals surface area contributed by atoms with Crippen LogP contribution in [0.5, 0.6) is 0 Å². The predicted molar refractivity (Wildman–Crippen MR) is 72.9 cm³/mol. The summed E-state index contributed by atoms with van der Waals surface area (Å²) >= 11 is 0. The van der Waals surface area contributed by atoms with E-state index in [9.17, 15) is 5.11 Å². The molecule has 1 heterocycles. The molecule has 0 bridgehead atoms. The summed E-state index contributed by atoms with van der Waals surface area (Å²) in [5.74, 6) is -0.693. The van der Waals surface area contributed by atoms with Gasteiger partial charge in [-0.15, -0.1) is 0 Å². The number of allylic oxidation sites excluding steroid dienone is 1. The standard InChI is InChI=1S/C15H26O4/c1-4-5-6-7-8-13(16)11-15(17-2,18-3)10-9-14(13)12-19-14/h7-8,16H,4-6,9-12H2,1-3H3/b8-7+. The van der Waals surface area contributed by atoms with E-state index in [1.165, 1.54) is 0 Å². The monoisotopic (exact) mass is 270 g/mol. The third-order valence-corrected chi connectivity index (χ3v) is 4.59. The van der Waals surface area contributed by atoms with Crippen molar-refractivity contribution in [1.82, 2.24) is 0 Å². The van der Waals surface area contributed by atoms with Gasteiger partial charge in [-0.05, 0) is 12.8 Å². The molecule has 19 heavy (non-hydrogen) atoms. The minimum absolute atomic E-state index is 0.406. The van der Waals surface area contributed by atoms with Crippen LogP contribution in [0.15, 0.2) is 12.2 Å². The number of unbranched alkanes of at least 4 members (excludes halogenated alkanes) is 2. The van der Waals surface area contributed by atoms with Gasteiger partial charge in [-0.1, -0.05) is 31.9 Å². The summed E-state index contributed by atoms with van der Waals surface area (Å²) in [7, 11) is 3.27. The van der Waals surface area contributed by atoms with Gasteiger partial charge in [0.15, 0.2) is 5.79 Å². The van der Waals surface area contributed by atoms with E-state index < -0.39 is 17.0 Å². The van der Waals surface area contributed by atoms with Crippen LogP contribution in [-0.4, -0.2) is 42.9 Å². The van der Waals surface area contributed by atoms with E-state index in [2.05, 4.69) is 13.0 Å². The third kappa shape index (κ3) is 2.72. The fourth-order valence-corrected chi connectivity index (χ4v) is 2.99. The molecular weight excluding hydrogens is 244 g/mol. The topological polar surface area (TPSA) is 51.2 Å². The summed E-state index contributed by atoms with van der Waals surface area (Å²) in [5.41, 5.74) is -1.39. The number of rotatable bonds is 6. The zero-order valence-electron chi connectivity index (χ0n) is 12.3. The summed E-state index contributed by atoms with van der Waals surface area (Å²) in [5, 5.41) is 11.0. The first kappa shape index (κ1) is 15.0. The molecule has 4 heteroatoms. The van der Waals surface area contributed by atoms with Crippen molar-refractivity contribution >= 4 is 0 Å². The van der Waals surface area contributed by atoms with Gasteiger partial charge >= 0.3 is 0 Å². The number of ether oxygens (including phenoxy) is 3. The second-order valence-electron chi connectivity index (χ2n) is 5.75. The molecule has 0 aromatic heterocycles. The SMILES string of the molecule is CCCC/C=C/C1(O)CC(OC)(OC)CCC12CO2. The van der Waals surface area contributed by atoms with E-state index in [-0.39, 0.29) is 0 Å². The Labute approximate surface area is 115 Å². The van der Waals surface area contributed by atoms with Crippen molar-refractivity contribution in [2.45, 2.75) is 62.4 Å². The lowest BCUT2D eigenvalue weighted by Crippen LogP contribution is -2.56. The van der Waals surface area contributed by atoms with Crippen molar-refractivity contribution in [1.29, 1.82) is 0 Å². The largest absolute Gasteiger partial charge is 0.382 e. The van der Waals surface area contributed by atoms with Gasteiger partial charge in [0.1, 0.15) is 11.2 Å². The Bertz CT molecular complexity index is 331. The summed E-state index contributed by atoms with van der Waals surface area (Å²) in [6.07, 6.45) is 9.20. The molecular formula is C15H26O4. The number of hydrogen-bond donors (Lipinski definition) is 1. The van der Waals surface area contributed by atoms with E-state index in [1.54, 1.807) is 14.2 Å². The Morgan fingerprint density at radius 3 is 2.47 bits per heavy atom. The third-order valence-electron chi connectivity index (χ3n) is 4.59. The lowest BCUT2D eigenvalue weighted by molar-refractivity contribution is -0.259. The molecule has 2 atom stereocenters. The lowest BCUT2D eigenvalue weighted by atomic mass is 9.72. The van der Waals surface area contributed by atoms with Crippen molar-refractivity contribution < 1.29 is 19.3 Å². The zero-order valence-corrected chi connectivity index (χ0v) is 12.3. The smallest absolute Gasteiger partial charge is 0.170 e. The van der Waals surface area contributed by atoms with Crippen LogP contribution in [0.3, 0.4) is 0 Å². The molecule has 0 aromatic carbocycles. The first-order chi connectivity index (χ1) is 9.05. The quantitative estimate of drug-likeness (QED) is 0.348. The van der Waals surface area contributed by atoms with Gasteiger partial charge in [-0.3, -0.25) is 0 Å². The van der Waals surface area contributed by atoms with E-state index in [1.807, 2.05) is 6.08 Å². The molecule has 2 rings (SSSR count). The molecule has 1 saturated heterocycles. The molecule has 1 saturated carbocycles. The van der Waals surface area contributed by atoms with Crippen molar-refractivity contribution in [2.24, 2.45) is 0 Å². The normalized spacial score (nSPS) is 37.1. The van der Waals surface area contributed by atoms with E-state index in [0.29, 0.717) is 13.0 Å². The van der Waals surface area contributed by atoms with Crippen LogP contribution in [0.4, 0.5) is 0 Å². The van der Waals surface area contributed by atoms with Gasteiger partial charge in [0, 0.05) is 27.1 Å². The highest BCUT2D eigenvalue weighted by Crippen LogP contribution is 2.53. The van der Waals surface area contributed by atoms with Crippen LogP contribution in [0.2, 0.25) is 0 Å². The molecule has 0 aromatic rings. The molecule has 2 unspecified atom stereocenters. The van der Waals surface area contributed by atoms with Crippen molar-refractivity contribution in [3.8, 4) is 0 Å². The minimum atomic E-state index is -0.981. The molecule has 110 valence electrons. The average molecular weight is 270 g/mol. The zero-order chi connectivity index (χ0) is 14.0. The van der Waals surface area contributed by atoms with Gasteiger partial charge in [-0.25, -0.2) is 0 Å². The van der Waals surface area contributed by atoms with E-state index >= 15 is 0 Å². The Morgan fingerprint density at radius 1 is 1.26 bits per heavy atom. The van der Waals surface area contributed by atoms with Crippen molar-refractivity contribution in [2.75, 3.05) is 20.8 Å². The summed E-state index contributed by atoms with van der Waals surface area (Å²) < 4.78 is 16.6. The van der Waals surface area contributed by atoms with Crippen LogP contribution < -0.4 is 0 Å². The van der Waals surface area contributed by atoms with Crippen LogP contribution in [-0.2, 0) is 14.2 Å².